The Morgan fingerprint density at radius 1 is 0.929 bits per heavy atom. The van der Waals surface area contributed by atoms with Gasteiger partial charge in [0, 0.05) is 16.0 Å². The standard InChI is InChI=1S/C31H30ClFN2O5S2/c32-26-4-2-1-3-24(26)31(13-14-31)34-29(36)21-7-12-27-25(19-21)30(15-17-41(37,38)18-16-30)28(20-5-6-20)35(27)42(39,40)23-10-8-22(33)9-11-23/h1-4,7-12,19-20,28H,5-6,13-18H2,(H,34,36). The number of rotatable bonds is 6. The van der Waals surface area contributed by atoms with E-state index in [0.29, 0.717) is 21.8 Å². The molecule has 7 rings (SSSR count). The number of carbonyl (C=O) groups excluding carboxylic acids is 1. The number of sulfonamides is 1. The highest BCUT2D eigenvalue weighted by atomic mass is 35.5. The topological polar surface area (TPSA) is 101 Å². The van der Waals surface area contributed by atoms with Crippen molar-refractivity contribution in [1.82, 2.24) is 5.32 Å². The molecule has 2 saturated carbocycles. The fourth-order valence-electron chi connectivity index (χ4n) is 7.05. The second kappa shape index (κ2) is 9.53. The molecule has 1 saturated heterocycles. The highest BCUT2D eigenvalue weighted by Crippen LogP contribution is 2.59. The highest BCUT2D eigenvalue weighted by molar-refractivity contribution is 7.93. The predicted octanol–water partition coefficient (Wildman–Crippen LogP) is 5.33. The van der Waals surface area contributed by atoms with E-state index in [2.05, 4.69) is 5.32 Å². The molecular weight excluding hydrogens is 599 g/mol. The van der Waals surface area contributed by atoms with E-state index < -0.39 is 42.7 Å². The van der Waals surface area contributed by atoms with Gasteiger partial charge in [-0.05, 0) is 104 Å². The first-order chi connectivity index (χ1) is 20.0. The number of nitrogens with one attached hydrogen (secondary N) is 1. The van der Waals surface area contributed by atoms with Crippen LogP contribution in [0, 0.1) is 11.7 Å². The van der Waals surface area contributed by atoms with Crippen molar-refractivity contribution < 1.29 is 26.0 Å². The number of sulfone groups is 1. The maximum Gasteiger partial charge on any atom is 0.264 e. The summed E-state index contributed by atoms with van der Waals surface area (Å²) in [5.41, 5.74) is 1.08. The average molecular weight is 629 g/mol. The van der Waals surface area contributed by atoms with Gasteiger partial charge in [-0.3, -0.25) is 9.10 Å². The fourth-order valence-corrected chi connectivity index (χ4v) is 10.7. The fraction of sp³-hybridized carbons (Fsp3) is 0.387. The summed E-state index contributed by atoms with van der Waals surface area (Å²) in [7, 11) is -7.38. The second-order valence-corrected chi connectivity index (χ2v) is 16.6. The van der Waals surface area contributed by atoms with Crippen LogP contribution in [0.3, 0.4) is 0 Å². The Hall–Kier alpha value is -2.95. The molecule has 11 heteroatoms. The molecule has 2 aliphatic heterocycles. The molecule has 0 aromatic heterocycles. The number of amides is 1. The van der Waals surface area contributed by atoms with Crippen LogP contribution in [-0.2, 0) is 30.8 Å². The molecule has 2 heterocycles. The lowest BCUT2D eigenvalue weighted by atomic mass is 9.70. The summed E-state index contributed by atoms with van der Waals surface area (Å²) in [5.74, 6) is -0.875. The summed E-state index contributed by atoms with van der Waals surface area (Å²) in [5, 5.41) is 3.75. The van der Waals surface area contributed by atoms with Crippen LogP contribution in [0.2, 0.25) is 5.02 Å². The number of halogens is 2. The molecule has 3 fully saturated rings. The third-order valence-electron chi connectivity index (χ3n) is 9.50. The van der Waals surface area contributed by atoms with Gasteiger partial charge in [0.1, 0.15) is 15.7 Å². The number of hydrogen-bond acceptors (Lipinski definition) is 5. The monoisotopic (exact) mass is 628 g/mol. The van der Waals surface area contributed by atoms with Gasteiger partial charge in [-0.2, -0.15) is 0 Å². The number of fused-ring (bicyclic) bond motifs is 2. The third kappa shape index (κ3) is 4.45. The molecule has 7 nitrogen and oxygen atoms in total. The van der Waals surface area contributed by atoms with Gasteiger partial charge in [0.05, 0.1) is 33.7 Å². The van der Waals surface area contributed by atoms with Crippen LogP contribution < -0.4 is 9.62 Å². The number of hydrogen-bond donors (Lipinski definition) is 1. The molecule has 2 aliphatic carbocycles. The lowest BCUT2D eigenvalue weighted by Gasteiger charge is -2.41. The van der Waals surface area contributed by atoms with Gasteiger partial charge < -0.3 is 5.32 Å². The Kier molecular flexibility index (Phi) is 6.32. The zero-order chi connectivity index (χ0) is 29.5. The molecule has 1 amide bonds. The summed E-state index contributed by atoms with van der Waals surface area (Å²) in [6, 6.07) is 16.8. The summed E-state index contributed by atoms with van der Waals surface area (Å²) in [6.07, 6.45) is 3.71. The normalized spacial score (nSPS) is 23.4. The van der Waals surface area contributed by atoms with Crippen molar-refractivity contribution in [1.29, 1.82) is 0 Å². The minimum atomic E-state index is -4.12. The number of anilines is 1. The molecule has 1 atom stereocenters. The van der Waals surface area contributed by atoms with Crippen LogP contribution >= 0.6 is 11.6 Å². The maximum atomic E-state index is 14.2. The van der Waals surface area contributed by atoms with Crippen molar-refractivity contribution in [2.24, 2.45) is 5.92 Å². The quantitative estimate of drug-likeness (QED) is 0.398. The number of benzene rings is 3. The average Bonchev–Trinajstić information content (AvgIpc) is 3.90. The van der Waals surface area contributed by atoms with Crippen molar-refractivity contribution in [3.63, 3.8) is 0 Å². The zero-order valence-electron chi connectivity index (χ0n) is 22.7. The third-order valence-corrected chi connectivity index (χ3v) is 13.3. The summed E-state index contributed by atoms with van der Waals surface area (Å²) >= 11 is 6.46. The Morgan fingerprint density at radius 2 is 1.60 bits per heavy atom. The van der Waals surface area contributed by atoms with Crippen molar-refractivity contribution in [3.05, 3.63) is 94.3 Å². The molecule has 1 N–H and O–H groups in total. The SMILES string of the molecule is O=C(NC1(c2ccccc2Cl)CC1)c1ccc2c(c1)C1(CCS(=O)(=O)CC1)C(C1CC1)N2S(=O)(=O)c1ccc(F)cc1. The highest BCUT2D eigenvalue weighted by Gasteiger charge is 2.60. The lowest BCUT2D eigenvalue weighted by molar-refractivity contribution is 0.0930. The molecule has 0 radical (unpaired) electrons. The molecule has 42 heavy (non-hydrogen) atoms. The smallest absolute Gasteiger partial charge is 0.264 e. The molecular formula is C31H30ClFN2O5S2. The first kappa shape index (κ1) is 27.9. The van der Waals surface area contributed by atoms with Gasteiger partial charge >= 0.3 is 0 Å². The van der Waals surface area contributed by atoms with Gasteiger partial charge in [-0.25, -0.2) is 21.2 Å². The van der Waals surface area contributed by atoms with Crippen LogP contribution in [0.5, 0.6) is 0 Å². The van der Waals surface area contributed by atoms with Crippen LogP contribution in [0.25, 0.3) is 0 Å². The van der Waals surface area contributed by atoms with Crippen LogP contribution in [-0.4, -0.2) is 40.3 Å². The zero-order valence-corrected chi connectivity index (χ0v) is 25.1. The van der Waals surface area contributed by atoms with Crippen LogP contribution in [0.15, 0.2) is 71.6 Å². The van der Waals surface area contributed by atoms with Crippen LogP contribution in [0.1, 0.15) is 60.0 Å². The van der Waals surface area contributed by atoms with Gasteiger partial charge in [0.25, 0.3) is 15.9 Å². The largest absolute Gasteiger partial charge is 0.342 e. The summed E-state index contributed by atoms with van der Waals surface area (Å²) in [6.45, 7) is 0. The van der Waals surface area contributed by atoms with E-state index in [0.717, 1.165) is 43.4 Å². The predicted molar refractivity (Wildman–Crippen MR) is 158 cm³/mol. The van der Waals surface area contributed by atoms with Crippen molar-refractivity contribution in [2.75, 3.05) is 15.8 Å². The Balaban J connectivity index is 1.33. The van der Waals surface area contributed by atoms with E-state index in [-0.39, 0.29) is 41.1 Å². The minimum absolute atomic E-state index is 0.0294. The molecule has 1 spiro atoms. The van der Waals surface area contributed by atoms with E-state index in [4.69, 9.17) is 11.6 Å². The summed E-state index contributed by atoms with van der Waals surface area (Å²) in [4.78, 5) is 13.7. The number of nitrogens with zero attached hydrogens (tertiary/aromatic N) is 1. The molecule has 4 aliphatic rings. The molecule has 1 unspecified atom stereocenters. The number of carbonyl (C=O) groups is 1. The first-order valence-corrected chi connectivity index (χ1v) is 17.8. The van der Waals surface area contributed by atoms with E-state index in [9.17, 15) is 26.0 Å². The maximum absolute atomic E-state index is 14.2. The van der Waals surface area contributed by atoms with Crippen molar-refractivity contribution in [3.8, 4) is 0 Å². The van der Waals surface area contributed by atoms with E-state index in [1.54, 1.807) is 24.3 Å². The Bertz CT molecular complexity index is 1810. The van der Waals surface area contributed by atoms with Crippen LogP contribution in [0.4, 0.5) is 10.1 Å². The molecule has 220 valence electrons. The Labute approximate surface area is 250 Å². The van der Waals surface area contributed by atoms with Gasteiger partial charge in [0.15, 0.2) is 0 Å². The van der Waals surface area contributed by atoms with Crippen molar-refractivity contribution in [2.45, 2.75) is 60.4 Å². The Morgan fingerprint density at radius 3 is 2.21 bits per heavy atom. The second-order valence-electron chi connectivity index (χ2n) is 12.1. The van der Waals surface area contributed by atoms with E-state index in [1.807, 2.05) is 18.2 Å². The van der Waals surface area contributed by atoms with Crippen molar-refractivity contribution >= 4 is 43.1 Å². The lowest BCUT2D eigenvalue weighted by Crippen LogP contribution is -2.52. The first-order valence-electron chi connectivity index (χ1n) is 14.2. The molecule has 3 aromatic carbocycles. The molecule has 0 bridgehead atoms. The summed E-state index contributed by atoms with van der Waals surface area (Å²) < 4.78 is 68.7. The van der Waals surface area contributed by atoms with Gasteiger partial charge in [-0.1, -0.05) is 29.8 Å². The van der Waals surface area contributed by atoms with Gasteiger partial charge in [-0.15, -0.1) is 0 Å². The van der Waals surface area contributed by atoms with Gasteiger partial charge in [0.2, 0.25) is 0 Å². The minimum Gasteiger partial charge on any atom is -0.342 e. The van der Waals surface area contributed by atoms with E-state index in [1.165, 1.54) is 16.4 Å². The molecule has 3 aromatic rings. The van der Waals surface area contributed by atoms with E-state index >= 15 is 0 Å².